The molecule has 1 aromatic carbocycles. The Hall–Kier alpha value is -4.42. The minimum absolute atomic E-state index is 0.188. The van der Waals surface area contributed by atoms with Crippen LogP contribution in [0.5, 0.6) is 0 Å². The number of hydrogen-bond donors (Lipinski definition) is 1. The summed E-state index contributed by atoms with van der Waals surface area (Å²) in [6.07, 6.45) is 5.51. The van der Waals surface area contributed by atoms with Crippen LogP contribution in [0.25, 0.3) is 5.69 Å². The fourth-order valence-corrected chi connectivity index (χ4v) is 4.80. The second-order valence-corrected chi connectivity index (χ2v) is 8.99. The Morgan fingerprint density at radius 1 is 1.14 bits per heavy atom. The number of imide groups is 1. The maximum Gasteiger partial charge on any atom is 0.276 e. The highest BCUT2D eigenvalue weighted by molar-refractivity contribution is 6.05. The smallest absolute Gasteiger partial charge is 0.276 e. The molecule has 3 aliphatic rings. The van der Waals surface area contributed by atoms with Crippen LogP contribution in [0.1, 0.15) is 39.3 Å². The van der Waals surface area contributed by atoms with Gasteiger partial charge in [-0.2, -0.15) is 0 Å². The van der Waals surface area contributed by atoms with E-state index < -0.39 is 11.9 Å². The number of hydrogen-bond acceptors (Lipinski definition) is 8. The topological polar surface area (TPSA) is 148 Å². The van der Waals surface area contributed by atoms with Gasteiger partial charge in [-0.1, -0.05) is 10.4 Å². The van der Waals surface area contributed by atoms with Crippen molar-refractivity contribution in [2.45, 2.75) is 32.0 Å². The number of amides is 4. The standard InChI is InChI=1S/C22H21N9O4/c32-19-4-3-18(20(33)24-19)30-11-14-7-15(1-2-16(14)21(30)34)31-12-17(25-27-31)22(35)28-8-13(9-28)10-29-6-5-23-26-29/h1-2,5-7,12-13,18H,3-4,8-11H2,(H,24,32,33). The maximum absolute atomic E-state index is 12.9. The lowest BCUT2D eigenvalue weighted by Crippen LogP contribution is -2.52. The van der Waals surface area contributed by atoms with Crippen LogP contribution in [-0.2, 0) is 22.7 Å². The summed E-state index contributed by atoms with van der Waals surface area (Å²) in [5.74, 6) is -0.882. The zero-order chi connectivity index (χ0) is 24.1. The number of likely N-dealkylation sites (tertiary alicyclic amines) is 1. The van der Waals surface area contributed by atoms with Gasteiger partial charge >= 0.3 is 0 Å². The maximum atomic E-state index is 12.9. The van der Waals surface area contributed by atoms with E-state index >= 15 is 0 Å². The number of aromatic nitrogens is 6. The number of nitrogens with one attached hydrogen (secondary N) is 1. The number of carbonyl (C=O) groups is 4. The number of piperidine rings is 1. The predicted molar refractivity (Wildman–Crippen MR) is 117 cm³/mol. The van der Waals surface area contributed by atoms with Crippen molar-refractivity contribution in [3.63, 3.8) is 0 Å². The molecule has 6 rings (SSSR count). The van der Waals surface area contributed by atoms with Gasteiger partial charge in [0.05, 0.1) is 18.1 Å². The summed E-state index contributed by atoms with van der Waals surface area (Å²) in [5, 5.41) is 18.2. The van der Waals surface area contributed by atoms with Crippen LogP contribution in [-0.4, -0.2) is 82.5 Å². The average molecular weight is 475 g/mol. The van der Waals surface area contributed by atoms with Gasteiger partial charge in [-0.15, -0.1) is 10.2 Å². The van der Waals surface area contributed by atoms with Crippen LogP contribution in [0.15, 0.2) is 36.8 Å². The Morgan fingerprint density at radius 3 is 2.77 bits per heavy atom. The fraction of sp³-hybridized carbons (Fsp3) is 0.364. The number of nitrogens with zero attached hydrogens (tertiary/aromatic N) is 8. The van der Waals surface area contributed by atoms with Gasteiger partial charge in [-0.3, -0.25) is 29.2 Å². The second-order valence-electron chi connectivity index (χ2n) is 8.99. The lowest BCUT2D eigenvalue weighted by molar-refractivity contribution is -0.136. The number of rotatable bonds is 5. The molecular weight excluding hydrogens is 454 g/mol. The largest absolute Gasteiger partial charge is 0.336 e. The Labute approximate surface area is 198 Å². The Bertz CT molecular complexity index is 1340. The van der Waals surface area contributed by atoms with Crippen molar-refractivity contribution < 1.29 is 19.2 Å². The molecule has 0 bridgehead atoms. The van der Waals surface area contributed by atoms with E-state index in [2.05, 4.69) is 25.9 Å². The summed E-state index contributed by atoms with van der Waals surface area (Å²) < 4.78 is 3.25. The zero-order valence-electron chi connectivity index (χ0n) is 18.6. The summed E-state index contributed by atoms with van der Waals surface area (Å²) in [4.78, 5) is 52.5. The van der Waals surface area contributed by atoms with Gasteiger partial charge in [0, 0.05) is 50.3 Å². The molecular formula is C22H21N9O4. The van der Waals surface area contributed by atoms with Crippen molar-refractivity contribution in [1.29, 1.82) is 0 Å². The Morgan fingerprint density at radius 2 is 2.00 bits per heavy atom. The van der Waals surface area contributed by atoms with Crippen molar-refractivity contribution in [3.8, 4) is 5.69 Å². The van der Waals surface area contributed by atoms with Gasteiger partial charge in [0.25, 0.3) is 11.8 Å². The lowest BCUT2D eigenvalue weighted by atomic mass is 10.00. The molecule has 2 fully saturated rings. The van der Waals surface area contributed by atoms with E-state index in [-0.39, 0.29) is 36.4 Å². The molecule has 2 saturated heterocycles. The molecule has 1 atom stereocenters. The van der Waals surface area contributed by atoms with Crippen LogP contribution >= 0.6 is 0 Å². The second kappa shape index (κ2) is 8.11. The van der Waals surface area contributed by atoms with Gasteiger partial charge < -0.3 is 9.80 Å². The molecule has 4 amide bonds. The van der Waals surface area contributed by atoms with Crippen LogP contribution in [0.2, 0.25) is 0 Å². The molecule has 1 unspecified atom stereocenters. The molecule has 0 radical (unpaired) electrons. The van der Waals surface area contributed by atoms with Gasteiger partial charge in [-0.25, -0.2) is 4.68 Å². The molecule has 178 valence electrons. The Kier molecular flexibility index (Phi) is 4.90. The third-order valence-electron chi connectivity index (χ3n) is 6.65. The third kappa shape index (κ3) is 3.74. The summed E-state index contributed by atoms with van der Waals surface area (Å²) in [7, 11) is 0. The number of carbonyl (C=O) groups excluding carboxylic acids is 4. The summed E-state index contributed by atoms with van der Waals surface area (Å²) in [6.45, 7) is 2.20. The molecule has 1 N–H and O–H groups in total. The van der Waals surface area contributed by atoms with Crippen LogP contribution in [0.3, 0.4) is 0 Å². The van der Waals surface area contributed by atoms with Gasteiger partial charge in [0.1, 0.15) is 6.04 Å². The quantitative estimate of drug-likeness (QED) is 0.481. The van der Waals surface area contributed by atoms with E-state index in [4.69, 9.17) is 0 Å². The molecule has 0 saturated carbocycles. The minimum Gasteiger partial charge on any atom is -0.336 e. The Balaban J connectivity index is 1.13. The molecule has 2 aromatic heterocycles. The lowest BCUT2D eigenvalue weighted by Gasteiger charge is -2.38. The molecule has 13 nitrogen and oxygen atoms in total. The number of benzene rings is 1. The van der Waals surface area contributed by atoms with Crippen molar-refractivity contribution in [2.24, 2.45) is 5.92 Å². The average Bonchev–Trinajstić information content (AvgIpc) is 3.56. The summed E-state index contributed by atoms with van der Waals surface area (Å²) in [5.41, 5.74) is 2.15. The minimum atomic E-state index is -0.670. The molecule has 0 spiro atoms. The third-order valence-corrected chi connectivity index (χ3v) is 6.65. The highest BCUT2D eigenvalue weighted by Crippen LogP contribution is 2.29. The fourth-order valence-electron chi connectivity index (χ4n) is 4.80. The number of fused-ring (bicyclic) bond motifs is 1. The van der Waals surface area contributed by atoms with Gasteiger partial charge in [-0.05, 0) is 30.2 Å². The van der Waals surface area contributed by atoms with E-state index in [0.717, 1.165) is 5.56 Å². The van der Waals surface area contributed by atoms with E-state index in [1.807, 2.05) is 0 Å². The monoisotopic (exact) mass is 475 g/mol. The summed E-state index contributed by atoms with van der Waals surface area (Å²) in [6, 6.07) is 4.55. The van der Waals surface area contributed by atoms with Gasteiger partial charge in [0.15, 0.2) is 5.69 Å². The predicted octanol–water partition coefficient (Wildman–Crippen LogP) is -0.608. The molecule has 5 heterocycles. The normalized spacial score (nSPS) is 20.1. The molecule has 35 heavy (non-hydrogen) atoms. The van der Waals surface area contributed by atoms with E-state index in [0.29, 0.717) is 43.2 Å². The van der Waals surface area contributed by atoms with Crippen molar-refractivity contribution >= 4 is 23.6 Å². The van der Waals surface area contributed by atoms with E-state index in [9.17, 15) is 19.2 Å². The van der Waals surface area contributed by atoms with Crippen molar-refractivity contribution in [1.82, 2.24) is 45.1 Å². The molecule has 0 aliphatic carbocycles. The van der Waals surface area contributed by atoms with Gasteiger partial charge in [0.2, 0.25) is 11.8 Å². The molecule has 3 aromatic rings. The first-order valence-corrected chi connectivity index (χ1v) is 11.3. The molecule has 3 aliphatic heterocycles. The van der Waals surface area contributed by atoms with Crippen LogP contribution in [0, 0.1) is 5.92 Å². The van der Waals surface area contributed by atoms with Crippen molar-refractivity contribution in [2.75, 3.05) is 13.1 Å². The van der Waals surface area contributed by atoms with E-state index in [1.54, 1.807) is 46.4 Å². The van der Waals surface area contributed by atoms with Crippen LogP contribution < -0.4 is 5.32 Å². The molecule has 13 heteroatoms. The van der Waals surface area contributed by atoms with E-state index in [1.165, 1.54) is 9.58 Å². The first-order chi connectivity index (χ1) is 17.0. The highest BCUT2D eigenvalue weighted by Gasteiger charge is 2.39. The SMILES string of the molecule is O=C1CCC(N2Cc3cc(-n4cc(C(=O)N5CC(Cn6ccnn6)C5)nn4)ccc3C2=O)C(=O)N1. The van der Waals surface area contributed by atoms with Crippen molar-refractivity contribution in [3.05, 3.63) is 53.6 Å². The first kappa shape index (κ1) is 21.1. The zero-order valence-corrected chi connectivity index (χ0v) is 18.6. The van der Waals surface area contributed by atoms with Crippen LogP contribution in [0.4, 0.5) is 0 Å². The highest BCUT2D eigenvalue weighted by atomic mass is 16.2. The summed E-state index contributed by atoms with van der Waals surface area (Å²) >= 11 is 0. The first-order valence-electron chi connectivity index (χ1n) is 11.3.